The van der Waals surface area contributed by atoms with Gasteiger partial charge in [-0.1, -0.05) is 24.3 Å². The third-order valence-corrected chi connectivity index (χ3v) is 2.63. The van der Waals surface area contributed by atoms with E-state index in [1.165, 1.54) is 25.8 Å². The number of allylic oxidation sites excluding steroid dienone is 3. The molecule has 0 spiro atoms. The normalized spacial score (nSPS) is 36.4. The molecule has 2 aliphatic rings. The standard InChI is InChI=1S/C10H15N/c1-2-5-9(6-3-1)10-7-4-8-11-10/h1-3,5,9-11H,4,6-8H2/t9?,10-/m0/s1. The van der Waals surface area contributed by atoms with Crippen LogP contribution in [0.15, 0.2) is 24.3 Å². The number of nitrogens with one attached hydrogen (secondary N) is 1. The SMILES string of the molecule is C1=CCC([C@@H]2CCCN2)C=C1. The van der Waals surface area contributed by atoms with Crippen molar-refractivity contribution in [3.63, 3.8) is 0 Å². The van der Waals surface area contributed by atoms with Crippen LogP contribution in [0.25, 0.3) is 0 Å². The van der Waals surface area contributed by atoms with Crippen LogP contribution in [0.3, 0.4) is 0 Å². The molecule has 0 bridgehead atoms. The van der Waals surface area contributed by atoms with E-state index in [2.05, 4.69) is 29.6 Å². The molecular weight excluding hydrogens is 134 g/mol. The third-order valence-electron chi connectivity index (χ3n) is 2.63. The maximum absolute atomic E-state index is 3.54. The smallest absolute Gasteiger partial charge is 0.0133 e. The molecule has 1 unspecified atom stereocenters. The van der Waals surface area contributed by atoms with Crippen molar-refractivity contribution in [2.75, 3.05) is 6.54 Å². The highest BCUT2D eigenvalue weighted by Gasteiger charge is 2.21. The Balaban J connectivity index is 1.94. The minimum absolute atomic E-state index is 0.760. The van der Waals surface area contributed by atoms with Gasteiger partial charge >= 0.3 is 0 Å². The summed E-state index contributed by atoms with van der Waals surface area (Å²) in [4.78, 5) is 0. The van der Waals surface area contributed by atoms with Crippen molar-refractivity contribution in [1.29, 1.82) is 0 Å². The molecule has 1 N–H and O–H groups in total. The lowest BCUT2D eigenvalue weighted by atomic mass is 9.92. The molecule has 2 rings (SSSR count). The fourth-order valence-corrected chi connectivity index (χ4v) is 1.98. The van der Waals surface area contributed by atoms with Crippen molar-refractivity contribution in [3.8, 4) is 0 Å². The summed E-state index contributed by atoms with van der Waals surface area (Å²) in [6.45, 7) is 1.22. The quantitative estimate of drug-likeness (QED) is 0.600. The number of hydrogen-bond acceptors (Lipinski definition) is 1. The van der Waals surface area contributed by atoms with Gasteiger partial charge in [0.25, 0.3) is 0 Å². The summed E-state index contributed by atoms with van der Waals surface area (Å²) in [5.41, 5.74) is 0. The fourth-order valence-electron chi connectivity index (χ4n) is 1.98. The molecule has 0 radical (unpaired) electrons. The summed E-state index contributed by atoms with van der Waals surface area (Å²) in [6, 6.07) is 0.760. The molecule has 0 aromatic carbocycles. The molecule has 11 heavy (non-hydrogen) atoms. The maximum Gasteiger partial charge on any atom is 0.0133 e. The summed E-state index contributed by atoms with van der Waals surface area (Å²) < 4.78 is 0. The molecular formula is C10H15N. The molecule has 0 aromatic heterocycles. The summed E-state index contributed by atoms with van der Waals surface area (Å²) in [6.07, 6.45) is 12.9. The Morgan fingerprint density at radius 3 is 2.91 bits per heavy atom. The van der Waals surface area contributed by atoms with Crippen LogP contribution in [0.2, 0.25) is 0 Å². The van der Waals surface area contributed by atoms with Gasteiger partial charge < -0.3 is 5.32 Å². The highest BCUT2D eigenvalue weighted by Crippen LogP contribution is 2.21. The summed E-state index contributed by atoms with van der Waals surface area (Å²) in [5, 5.41) is 3.54. The molecule has 1 aliphatic carbocycles. The largest absolute Gasteiger partial charge is 0.313 e. The number of rotatable bonds is 1. The van der Waals surface area contributed by atoms with E-state index in [1.807, 2.05) is 0 Å². The molecule has 0 amide bonds. The zero-order chi connectivity index (χ0) is 7.52. The van der Waals surface area contributed by atoms with Crippen LogP contribution in [-0.2, 0) is 0 Å². The van der Waals surface area contributed by atoms with Crippen molar-refractivity contribution < 1.29 is 0 Å². The molecule has 1 nitrogen and oxygen atoms in total. The zero-order valence-corrected chi connectivity index (χ0v) is 6.79. The van der Waals surface area contributed by atoms with Crippen LogP contribution in [0.4, 0.5) is 0 Å². The Hall–Kier alpha value is -0.560. The Bertz CT molecular complexity index is 175. The van der Waals surface area contributed by atoms with Gasteiger partial charge in [0.2, 0.25) is 0 Å². The minimum atomic E-state index is 0.760. The van der Waals surface area contributed by atoms with Gasteiger partial charge in [-0.3, -0.25) is 0 Å². The molecule has 2 atom stereocenters. The molecule has 1 heterocycles. The van der Waals surface area contributed by atoms with Crippen molar-refractivity contribution in [2.45, 2.75) is 25.3 Å². The van der Waals surface area contributed by atoms with Crippen molar-refractivity contribution in [1.82, 2.24) is 5.32 Å². The highest BCUT2D eigenvalue weighted by atomic mass is 14.9. The van der Waals surface area contributed by atoms with Gasteiger partial charge in [0.15, 0.2) is 0 Å². The molecule has 1 saturated heterocycles. The molecule has 0 aromatic rings. The first-order chi connectivity index (χ1) is 5.47. The minimum Gasteiger partial charge on any atom is -0.313 e. The predicted molar refractivity (Wildman–Crippen MR) is 47.4 cm³/mol. The molecule has 60 valence electrons. The van der Waals surface area contributed by atoms with E-state index in [0.29, 0.717) is 0 Å². The predicted octanol–water partition coefficient (Wildman–Crippen LogP) is 1.87. The second kappa shape index (κ2) is 3.22. The van der Waals surface area contributed by atoms with E-state index in [9.17, 15) is 0 Å². The van der Waals surface area contributed by atoms with Gasteiger partial charge in [-0.25, -0.2) is 0 Å². The fraction of sp³-hybridized carbons (Fsp3) is 0.600. The highest BCUT2D eigenvalue weighted by molar-refractivity contribution is 5.13. The van der Waals surface area contributed by atoms with Crippen LogP contribution in [-0.4, -0.2) is 12.6 Å². The van der Waals surface area contributed by atoms with E-state index in [-0.39, 0.29) is 0 Å². The lowest BCUT2D eigenvalue weighted by Crippen LogP contribution is -2.29. The lowest BCUT2D eigenvalue weighted by Gasteiger charge is -2.20. The van der Waals surface area contributed by atoms with Gasteiger partial charge in [-0.05, 0) is 31.7 Å². The second-order valence-electron chi connectivity index (χ2n) is 3.42. The van der Waals surface area contributed by atoms with Crippen LogP contribution in [0.5, 0.6) is 0 Å². The Morgan fingerprint density at radius 1 is 1.27 bits per heavy atom. The van der Waals surface area contributed by atoms with E-state index in [4.69, 9.17) is 0 Å². The summed E-state index contributed by atoms with van der Waals surface area (Å²) >= 11 is 0. The average molecular weight is 149 g/mol. The van der Waals surface area contributed by atoms with E-state index < -0.39 is 0 Å². The first kappa shape index (κ1) is 7.11. The first-order valence-corrected chi connectivity index (χ1v) is 4.53. The van der Waals surface area contributed by atoms with Crippen molar-refractivity contribution in [2.24, 2.45) is 5.92 Å². The van der Waals surface area contributed by atoms with Gasteiger partial charge in [0.1, 0.15) is 0 Å². The first-order valence-electron chi connectivity index (χ1n) is 4.53. The summed E-state index contributed by atoms with van der Waals surface area (Å²) in [7, 11) is 0. The van der Waals surface area contributed by atoms with E-state index in [0.717, 1.165) is 12.0 Å². The molecule has 1 aliphatic heterocycles. The van der Waals surface area contributed by atoms with Gasteiger partial charge in [0.05, 0.1) is 0 Å². The zero-order valence-electron chi connectivity index (χ0n) is 6.79. The topological polar surface area (TPSA) is 12.0 Å². The van der Waals surface area contributed by atoms with Gasteiger partial charge in [-0.2, -0.15) is 0 Å². The summed E-state index contributed by atoms with van der Waals surface area (Å²) in [5.74, 6) is 0.766. The van der Waals surface area contributed by atoms with Crippen LogP contribution in [0.1, 0.15) is 19.3 Å². The Labute approximate surface area is 68.2 Å². The van der Waals surface area contributed by atoms with Gasteiger partial charge in [-0.15, -0.1) is 0 Å². The Morgan fingerprint density at radius 2 is 2.27 bits per heavy atom. The maximum atomic E-state index is 3.54. The Kier molecular flexibility index (Phi) is 2.08. The van der Waals surface area contributed by atoms with E-state index in [1.54, 1.807) is 0 Å². The monoisotopic (exact) mass is 149 g/mol. The molecule has 1 heteroatoms. The van der Waals surface area contributed by atoms with E-state index >= 15 is 0 Å². The average Bonchev–Trinajstić information content (AvgIpc) is 2.58. The van der Waals surface area contributed by atoms with Gasteiger partial charge in [0, 0.05) is 6.04 Å². The van der Waals surface area contributed by atoms with Crippen molar-refractivity contribution >= 4 is 0 Å². The van der Waals surface area contributed by atoms with Crippen LogP contribution in [0, 0.1) is 5.92 Å². The van der Waals surface area contributed by atoms with Crippen LogP contribution < -0.4 is 5.32 Å². The molecule has 0 saturated carbocycles. The lowest BCUT2D eigenvalue weighted by molar-refractivity contribution is 0.461. The second-order valence-corrected chi connectivity index (χ2v) is 3.42. The molecule has 1 fully saturated rings. The number of hydrogen-bond donors (Lipinski definition) is 1. The van der Waals surface area contributed by atoms with Crippen LogP contribution >= 0.6 is 0 Å². The third kappa shape index (κ3) is 1.54. The van der Waals surface area contributed by atoms with Crippen molar-refractivity contribution in [3.05, 3.63) is 24.3 Å².